The summed E-state index contributed by atoms with van der Waals surface area (Å²) in [4.78, 5) is 14.1. The van der Waals surface area contributed by atoms with Gasteiger partial charge >= 0.3 is 0 Å². The molecule has 1 heterocycles. The maximum absolute atomic E-state index is 12.6. The van der Waals surface area contributed by atoms with Gasteiger partial charge in [0.15, 0.2) is 5.11 Å². The normalized spacial score (nSPS) is 16.8. The van der Waals surface area contributed by atoms with Crippen LogP contribution < -0.4 is 15.5 Å². The van der Waals surface area contributed by atoms with Gasteiger partial charge in [-0.3, -0.25) is 9.69 Å². The van der Waals surface area contributed by atoms with E-state index in [-0.39, 0.29) is 11.9 Å². The number of hydrogen-bond acceptors (Lipinski definition) is 4. The van der Waals surface area contributed by atoms with Gasteiger partial charge in [-0.2, -0.15) is 0 Å². The van der Waals surface area contributed by atoms with Gasteiger partial charge in [-0.05, 0) is 36.5 Å². The second kappa shape index (κ2) is 7.74. The van der Waals surface area contributed by atoms with E-state index in [1.165, 1.54) is 16.7 Å². The van der Waals surface area contributed by atoms with Gasteiger partial charge in [-0.1, -0.05) is 60.4 Å². The number of nitrogens with one attached hydrogen (secondary N) is 2. The van der Waals surface area contributed by atoms with E-state index in [2.05, 4.69) is 10.6 Å². The first-order valence-electron chi connectivity index (χ1n) is 7.33. The number of amides is 1. The fraction of sp³-hybridized carbons (Fsp3) is 0.118. The van der Waals surface area contributed by atoms with Crippen LogP contribution in [0, 0.1) is 0 Å². The van der Waals surface area contributed by atoms with Crippen LogP contribution in [0.15, 0.2) is 60.7 Å². The van der Waals surface area contributed by atoms with E-state index in [9.17, 15) is 4.79 Å². The van der Waals surface area contributed by atoms with E-state index in [1.807, 2.05) is 60.7 Å². The lowest BCUT2D eigenvalue weighted by Crippen LogP contribution is -2.33. The fourth-order valence-electron chi connectivity index (χ4n) is 2.30. The first kappa shape index (κ1) is 16.9. The molecule has 1 fully saturated rings. The molecular formula is C17H15N3OS3. The molecule has 3 rings (SSSR count). The molecule has 0 aliphatic carbocycles. The van der Waals surface area contributed by atoms with Crippen molar-refractivity contribution in [2.45, 2.75) is 6.04 Å². The minimum Gasteiger partial charge on any atom is -0.349 e. The molecule has 0 spiro atoms. The van der Waals surface area contributed by atoms with Crippen LogP contribution in [0.3, 0.4) is 0 Å². The van der Waals surface area contributed by atoms with Crippen LogP contribution in [-0.2, 0) is 4.79 Å². The molecule has 0 aromatic heterocycles. The van der Waals surface area contributed by atoms with Crippen molar-refractivity contribution in [1.29, 1.82) is 0 Å². The van der Waals surface area contributed by atoms with Gasteiger partial charge in [0, 0.05) is 11.4 Å². The zero-order valence-corrected chi connectivity index (χ0v) is 15.1. The van der Waals surface area contributed by atoms with Gasteiger partial charge in [-0.15, -0.1) is 0 Å². The third-order valence-electron chi connectivity index (χ3n) is 3.43. The van der Waals surface area contributed by atoms with Gasteiger partial charge < -0.3 is 10.6 Å². The Morgan fingerprint density at radius 1 is 1.12 bits per heavy atom. The monoisotopic (exact) mass is 373 g/mol. The number of carbonyl (C=O) groups excluding carboxylic acids is 1. The summed E-state index contributed by atoms with van der Waals surface area (Å²) in [6, 6.07) is 18.7. The van der Waals surface area contributed by atoms with Gasteiger partial charge in [0.25, 0.3) is 5.91 Å². The Morgan fingerprint density at radius 3 is 2.42 bits per heavy atom. The van der Waals surface area contributed by atoms with Gasteiger partial charge in [-0.25, -0.2) is 0 Å². The molecular weight excluding hydrogens is 358 g/mol. The number of nitrogens with zero attached hydrogens (tertiary/aromatic N) is 1. The van der Waals surface area contributed by atoms with Gasteiger partial charge in [0.1, 0.15) is 10.4 Å². The first-order chi connectivity index (χ1) is 11.6. The highest BCUT2D eigenvalue weighted by molar-refractivity contribution is 8.23. The maximum atomic E-state index is 12.6. The average Bonchev–Trinajstić information content (AvgIpc) is 2.88. The molecule has 0 saturated carbocycles. The molecule has 0 unspecified atom stereocenters. The largest absolute Gasteiger partial charge is 0.349 e. The van der Waals surface area contributed by atoms with Crippen LogP contribution in [0.4, 0.5) is 11.4 Å². The highest BCUT2D eigenvalue weighted by atomic mass is 32.2. The third kappa shape index (κ3) is 3.92. The van der Waals surface area contributed by atoms with E-state index >= 15 is 0 Å². The lowest BCUT2D eigenvalue weighted by atomic mass is 10.3. The Labute approximate surface area is 155 Å². The van der Waals surface area contributed by atoms with Crippen molar-refractivity contribution in [1.82, 2.24) is 5.32 Å². The van der Waals surface area contributed by atoms with Gasteiger partial charge in [0.05, 0.1) is 5.69 Å². The van der Waals surface area contributed by atoms with E-state index in [0.29, 0.717) is 15.2 Å². The molecule has 1 atom stereocenters. The number of rotatable bonds is 4. The Balaban J connectivity index is 1.58. The highest BCUT2D eigenvalue weighted by Crippen LogP contribution is 2.21. The Hall–Kier alpha value is -1.96. The summed E-state index contributed by atoms with van der Waals surface area (Å²) in [7, 11) is 0. The van der Waals surface area contributed by atoms with Crippen LogP contribution in [-0.4, -0.2) is 27.1 Å². The zero-order valence-electron chi connectivity index (χ0n) is 12.6. The smallest absolute Gasteiger partial charge is 0.256 e. The zero-order chi connectivity index (χ0) is 16.9. The van der Waals surface area contributed by atoms with Crippen molar-refractivity contribution >= 4 is 62.9 Å². The molecule has 4 nitrogen and oxygen atoms in total. The summed E-state index contributed by atoms with van der Waals surface area (Å²) in [6.07, 6.45) is 0. The number of carbonyl (C=O) groups is 1. The third-order valence-corrected chi connectivity index (χ3v) is 5.06. The Kier molecular flexibility index (Phi) is 5.44. The predicted octanol–water partition coefficient (Wildman–Crippen LogP) is 3.41. The molecule has 1 saturated heterocycles. The average molecular weight is 374 g/mol. The van der Waals surface area contributed by atoms with Crippen LogP contribution in [0.1, 0.15) is 0 Å². The highest BCUT2D eigenvalue weighted by Gasteiger charge is 2.36. The number of benzene rings is 2. The summed E-state index contributed by atoms with van der Waals surface area (Å²) in [5.41, 5.74) is 1.71. The van der Waals surface area contributed by atoms with Crippen molar-refractivity contribution in [2.24, 2.45) is 0 Å². The van der Waals surface area contributed by atoms with Crippen molar-refractivity contribution in [3.8, 4) is 0 Å². The molecule has 122 valence electrons. The van der Waals surface area contributed by atoms with Crippen LogP contribution in [0.2, 0.25) is 0 Å². The molecule has 0 radical (unpaired) electrons. The fourth-order valence-corrected chi connectivity index (χ4v) is 3.69. The van der Waals surface area contributed by atoms with E-state index in [4.69, 9.17) is 24.4 Å². The summed E-state index contributed by atoms with van der Waals surface area (Å²) in [5.74, 6) is 0.460. The standard InChI is InChI=1S/C17H15N3OS3/c21-15-14(11-24-17(23)18-12-7-3-1-4-8-12)19-16(22)20(15)13-9-5-2-6-10-13/h1-10,14H,11H2,(H,18,23)(H,19,22)/t14-/m1/s1. The van der Waals surface area contributed by atoms with E-state index < -0.39 is 0 Å². The first-order valence-corrected chi connectivity index (χ1v) is 9.14. The molecule has 1 amide bonds. The molecule has 7 heteroatoms. The summed E-state index contributed by atoms with van der Waals surface area (Å²) in [6.45, 7) is 0. The number of hydrogen-bond donors (Lipinski definition) is 2. The maximum Gasteiger partial charge on any atom is 0.256 e. The number of para-hydroxylation sites is 2. The van der Waals surface area contributed by atoms with Gasteiger partial charge in [0.2, 0.25) is 0 Å². The predicted molar refractivity (Wildman–Crippen MR) is 109 cm³/mol. The van der Waals surface area contributed by atoms with Crippen LogP contribution >= 0.6 is 36.2 Å². The number of anilines is 2. The van der Waals surface area contributed by atoms with Crippen molar-refractivity contribution in [2.75, 3.05) is 16.0 Å². The summed E-state index contributed by atoms with van der Waals surface area (Å²) >= 11 is 12.0. The SMILES string of the molecule is O=C1[C@@H](CSC(=S)Nc2ccccc2)NC(=S)N1c1ccccc1. The van der Waals surface area contributed by atoms with Crippen molar-refractivity contribution in [3.63, 3.8) is 0 Å². The molecule has 24 heavy (non-hydrogen) atoms. The molecule has 0 bridgehead atoms. The minimum atomic E-state index is -0.377. The number of thiocarbonyl (C=S) groups is 2. The van der Waals surface area contributed by atoms with Crippen LogP contribution in [0.25, 0.3) is 0 Å². The lowest BCUT2D eigenvalue weighted by Gasteiger charge is -2.14. The van der Waals surface area contributed by atoms with E-state index in [1.54, 1.807) is 0 Å². The molecule has 2 aromatic rings. The molecule has 2 N–H and O–H groups in total. The second-order valence-corrected chi connectivity index (χ2v) is 7.18. The van der Waals surface area contributed by atoms with Crippen molar-refractivity contribution < 1.29 is 4.79 Å². The molecule has 1 aliphatic rings. The minimum absolute atomic E-state index is 0.0544. The quantitative estimate of drug-likeness (QED) is 0.801. The summed E-state index contributed by atoms with van der Waals surface area (Å²) in [5, 5.41) is 6.64. The van der Waals surface area contributed by atoms with Crippen molar-refractivity contribution in [3.05, 3.63) is 60.7 Å². The lowest BCUT2D eigenvalue weighted by molar-refractivity contribution is -0.117. The molecule has 2 aromatic carbocycles. The second-order valence-electron chi connectivity index (χ2n) is 5.10. The topological polar surface area (TPSA) is 44.4 Å². The Bertz CT molecular complexity index is 752. The summed E-state index contributed by atoms with van der Waals surface area (Å²) < 4.78 is 0.625. The van der Waals surface area contributed by atoms with E-state index in [0.717, 1.165) is 11.4 Å². The molecule has 1 aliphatic heterocycles. The van der Waals surface area contributed by atoms with Crippen LogP contribution in [0.5, 0.6) is 0 Å². The number of thioether (sulfide) groups is 1. The Morgan fingerprint density at radius 2 is 1.75 bits per heavy atom.